The number of anilines is 2. The molecule has 1 aliphatic rings. The molecule has 1 fully saturated rings. The Morgan fingerprint density at radius 2 is 2.27 bits per heavy atom. The van der Waals surface area contributed by atoms with Gasteiger partial charge in [-0.2, -0.15) is 0 Å². The Bertz CT molecular complexity index is 314. The second-order valence-corrected chi connectivity index (χ2v) is 3.84. The summed E-state index contributed by atoms with van der Waals surface area (Å²) in [7, 11) is 1.76. The fourth-order valence-corrected chi connectivity index (χ4v) is 1.91. The van der Waals surface area contributed by atoms with Crippen molar-refractivity contribution in [3.05, 3.63) is 12.4 Å². The molecule has 1 aromatic rings. The zero-order chi connectivity index (χ0) is 10.7. The number of aromatic nitrogens is 2. The largest absolute Gasteiger partial charge is 0.382 e. The maximum atomic E-state index is 5.46. The van der Waals surface area contributed by atoms with E-state index < -0.39 is 0 Å². The first-order chi connectivity index (χ1) is 7.28. The molecule has 5 heteroatoms. The summed E-state index contributed by atoms with van der Waals surface area (Å²) in [6.07, 6.45) is 6.86. The Morgan fingerprint density at radius 1 is 1.40 bits per heavy atom. The standard InChI is InChI=1S/C10H16N4O/c1-15-8-3-2-7(4-8)14-10-6-12-9(11)5-13-10/h5-8H,2-4H2,1H3,(H2,11,12)(H,13,14). The highest BCUT2D eigenvalue weighted by Gasteiger charge is 2.24. The molecule has 0 amide bonds. The third-order valence-electron chi connectivity index (χ3n) is 2.74. The molecule has 0 spiro atoms. The Morgan fingerprint density at radius 3 is 2.87 bits per heavy atom. The number of hydrogen-bond acceptors (Lipinski definition) is 5. The van der Waals surface area contributed by atoms with Gasteiger partial charge < -0.3 is 15.8 Å². The van der Waals surface area contributed by atoms with Crippen molar-refractivity contribution >= 4 is 11.6 Å². The van der Waals surface area contributed by atoms with Gasteiger partial charge in [0.15, 0.2) is 0 Å². The molecule has 5 nitrogen and oxygen atoms in total. The van der Waals surface area contributed by atoms with E-state index in [9.17, 15) is 0 Å². The SMILES string of the molecule is COC1CCC(Nc2cnc(N)cn2)C1. The van der Waals surface area contributed by atoms with Crippen molar-refractivity contribution in [1.82, 2.24) is 9.97 Å². The van der Waals surface area contributed by atoms with Crippen molar-refractivity contribution in [3.8, 4) is 0 Å². The highest BCUT2D eigenvalue weighted by molar-refractivity contribution is 5.37. The van der Waals surface area contributed by atoms with Gasteiger partial charge in [0.2, 0.25) is 0 Å². The summed E-state index contributed by atoms with van der Waals surface area (Å²) in [6.45, 7) is 0. The summed E-state index contributed by atoms with van der Waals surface area (Å²) in [4.78, 5) is 8.14. The van der Waals surface area contributed by atoms with Crippen molar-refractivity contribution in [2.24, 2.45) is 0 Å². The number of nitrogens with zero attached hydrogens (tertiary/aromatic N) is 2. The predicted octanol–water partition coefficient (Wildman–Crippen LogP) is 1.04. The molecule has 0 bridgehead atoms. The van der Waals surface area contributed by atoms with E-state index in [1.807, 2.05) is 0 Å². The van der Waals surface area contributed by atoms with Gasteiger partial charge in [-0.05, 0) is 19.3 Å². The molecule has 0 radical (unpaired) electrons. The van der Waals surface area contributed by atoms with Crippen molar-refractivity contribution in [3.63, 3.8) is 0 Å². The van der Waals surface area contributed by atoms with E-state index >= 15 is 0 Å². The Labute approximate surface area is 89.1 Å². The van der Waals surface area contributed by atoms with E-state index in [2.05, 4.69) is 15.3 Å². The third kappa shape index (κ3) is 2.56. The number of methoxy groups -OCH3 is 1. The fourth-order valence-electron chi connectivity index (χ4n) is 1.91. The number of hydrogen-bond donors (Lipinski definition) is 2. The van der Waals surface area contributed by atoms with Gasteiger partial charge in [-0.3, -0.25) is 0 Å². The molecule has 2 unspecified atom stereocenters. The number of nitrogens with one attached hydrogen (secondary N) is 1. The zero-order valence-corrected chi connectivity index (χ0v) is 8.81. The van der Waals surface area contributed by atoms with Crippen LogP contribution in [-0.2, 0) is 4.74 Å². The quantitative estimate of drug-likeness (QED) is 0.776. The van der Waals surface area contributed by atoms with Gasteiger partial charge in [-0.1, -0.05) is 0 Å². The lowest BCUT2D eigenvalue weighted by molar-refractivity contribution is 0.108. The summed E-state index contributed by atoms with van der Waals surface area (Å²) in [5.41, 5.74) is 5.46. The van der Waals surface area contributed by atoms with E-state index in [0.29, 0.717) is 18.0 Å². The molecule has 82 valence electrons. The maximum Gasteiger partial charge on any atom is 0.144 e. The minimum absolute atomic E-state index is 0.379. The molecule has 2 atom stereocenters. The van der Waals surface area contributed by atoms with Crippen molar-refractivity contribution < 1.29 is 4.74 Å². The number of nitrogen functional groups attached to an aromatic ring is 1. The van der Waals surface area contributed by atoms with Gasteiger partial charge in [0.25, 0.3) is 0 Å². The van der Waals surface area contributed by atoms with Gasteiger partial charge >= 0.3 is 0 Å². The summed E-state index contributed by atoms with van der Waals surface area (Å²) >= 11 is 0. The molecule has 0 aliphatic heterocycles. The van der Waals surface area contributed by atoms with Crippen LogP contribution < -0.4 is 11.1 Å². The van der Waals surface area contributed by atoms with E-state index in [4.69, 9.17) is 10.5 Å². The molecule has 1 heterocycles. The Kier molecular flexibility index (Phi) is 3.01. The van der Waals surface area contributed by atoms with Gasteiger partial charge in [0.05, 0.1) is 18.5 Å². The van der Waals surface area contributed by atoms with Crippen LogP contribution in [0.3, 0.4) is 0 Å². The van der Waals surface area contributed by atoms with Crippen LogP contribution in [0.1, 0.15) is 19.3 Å². The van der Waals surface area contributed by atoms with Crippen LogP contribution in [0.4, 0.5) is 11.6 Å². The average molecular weight is 208 g/mol. The van der Waals surface area contributed by atoms with Gasteiger partial charge in [-0.25, -0.2) is 9.97 Å². The Balaban J connectivity index is 1.90. The monoisotopic (exact) mass is 208 g/mol. The molecule has 15 heavy (non-hydrogen) atoms. The summed E-state index contributed by atoms with van der Waals surface area (Å²) in [5.74, 6) is 1.23. The van der Waals surface area contributed by atoms with Crippen LogP contribution in [0, 0.1) is 0 Å². The number of ether oxygens (including phenoxy) is 1. The second kappa shape index (κ2) is 4.44. The summed E-state index contributed by atoms with van der Waals surface area (Å²) in [6, 6.07) is 0.438. The van der Waals surface area contributed by atoms with Crippen molar-refractivity contribution in [1.29, 1.82) is 0 Å². The first-order valence-corrected chi connectivity index (χ1v) is 5.15. The van der Waals surface area contributed by atoms with Crippen LogP contribution in [0.25, 0.3) is 0 Å². The van der Waals surface area contributed by atoms with Crippen LogP contribution in [-0.4, -0.2) is 29.2 Å². The predicted molar refractivity (Wildman–Crippen MR) is 58.5 cm³/mol. The maximum absolute atomic E-state index is 5.46. The lowest BCUT2D eigenvalue weighted by Crippen LogP contribution is -2.18. The molecule has 2 rings (SSSR count). The van der Waals surface area contributed by atoms with Crippen LogP contribution in [0.15, 0.2) is 12.4 Å². The van der Waals surface area contributed by atoms with Crippen molar-refractivity contribution in [2.75, 3.05) is 18.2 Å². The van der Waals surface area contributed by atoms with Crippen LogP contribution >= 0.6 is 0 Å². The molecular formula is C10H16N4O. The average Bonchev–Trinajstić information content (AvgIpc) is 2.69. The minimum Gasteiger partial charge on any atom is -0.382 e. The highest BCUT2D eigenvalue weighted by atomic mass is 16.5. The molecule has 1 aromatic heterocycles. The first-order valence-electron chi connectivity index (χ1n) is 5.15. The van der Waals surface area contributed by atoms with E-state index in [1.165, 1.54) is 0 Å². The van der Waals surface area contributed by atoms with Gasteiger partial charge in [0.1, 0.15) is 11.6 Å². The third-order valence-corrected chi connectivity index (χ3v) is 2.74. The Hall–Kier alpha value is -1.36. The number of nitrogens with two attached hydrogens (primary N) is 1. The molecule has 3 N–H and O–H groups in total. The fraction of sp³-hybridized carbons (Fsp3) is 0.600. The lowest BCUT2D eigenvalue weighted by atomic mass is 10.2. The summed E-state index contributed by atoms with van der Waals surface area (Å²) < 4.78 is 5.30. The van der Waals surface area contributed by atoms with Gasteiger partial charge in [-0.15, -0.1) is 0 Å². The first kappa shape index (κ1) is 10.2. The highest BCUT2D eigenvalue weighted by Crippen LogP contribution is 2.23. The zero-order valence-electron chi connectivity index (χ0n) is 8.81. The molecule has 0 saturated heterocycles. The molecule has 1 saturated carbocycles. The molecular weight excluding hydrogens is 192 g/mol. The molecule has 1 aliphatic carbocycles. The normalized spacial score (nSPS) is 25.4. The molecule has 0 aromatic carbocycles. The van der Waals surface area contributed by atoms with Crippen LogP contribution in [0.5, 0.6) is 0 Å². The van der Waals surface area contributed by atoms with E-state index in [-0.39, 0.29) is 0 Å². The second-order valence-electron chi connectivity index (χ2n) is 3.84. The minimum atomic E-state index is 0.379. The summed E-state index contributed by atoms with van der Waals surface area (Å²) in [5, 5.41) is 3.32. The topological polar surface area (TPSA) is 73.1 Å². The van der Waals surface area contributed by atoms with E-state index in [0.717, 1.165) is 25.1 Å². The number of rotatable bonds is 3. The van der Waals surface area contributed by atoms with Gasteiger partial charge in [0, 0.05) is 13.2 Å². The lowest BCUT2D eigenvalue weighted by Gasteiger charge is -2.12. The smallest absolute Gasteiger partial charge is 0.144 e. The van der Waals surface area contributed by atoms with E-state index in [1.54, 1.807) is 19.5 Å². The van der Waals surface area contributed by atoms with Crippen molar-refractivity contribution in [2.45, 2.75) is 31.4 Å². The van der Waals surface area contributed by atoms with Crippen LogP contribution in [0.2, 0.25) is 0 Å².